The average Bonchev–Trinajstić information content (AvgIpc) is 2.75. The molecule has 4 nitrogen and oxygen atoms in total. The molecule has 0 aliphatic heterocycles. The minimum absolute atomic E-state index is 0.0248. The van der Waals surface area contributed by atoms with Crippen molar-refractivity contribution in [2.24, 2.45) is 0 Å². The van der Waals surface area contributed by atoms with Crippen LogP contribution >= 0.6 is 23.4 Å². The maximum Gasteiger partial charge on any atom is 0.258 e. The Morgan fingerprint density at radius 1 is 1.03 bits per heavy atom. The highest BCUT2D eigenvalue weighted by Gasteiger charge is 2.19. The van der Waals surface area contributed by atoms with Crippen molar-refractivity contribution in [2.45, 2.75) is 30.4 Å². The first kappa shape index (κ1) is 22.8. The summed E-state index contributed by atoms with van der Waals surface area (Å²) in [5.41, 5.74) is 2.11. The maximum atomic E-state index is 13.8. The normalized spacial score (nSPS) is 11.6. The molecule has 1 atom stereocenters. The Labute approximate surface area is 190 Å². The highest BCUT2D eigenvalue weighted by Crippen LogP contribution is 2.29. The van der Waals surface area contributed by atoms with Crippen molar-refractivity contribution < 1.29 is 14.0 Å². The number of anilines is 2. The van der Waals surface area contributed by atoms with Crippen LogP contribution in [0.1, 0.15) is 29.3 Å². The van der Waals surface area contributed by atoms with Crippen LogP contribution in [0.25, 0.3) is 0 Å². The minimum atomic E-state index is -0.579. The van der Waals surface area contributed by atoms with Gasteiger partial charge >= 0.3 is 0 Å². The van der Waals surface area contributed by atoms with Crippen LogP contribution in [0.4, 0.5) is 15.8 Å². The fourth-order valence-electron chi connectivity index (χ4n) is 2.92. The molecule has 160 valence electrons. The van der Waals surface area contributed by atoms with Crippen molar-refractivity contribution in [3.05, 3.63) is 88.7 Å². The number of hydrogen-bond donors (Lipinski definition) is 2. The van der Waals surface area contributed by atoms with E-state index in [4.69, 9.17) is 11.6 Å². The third-order valence-electron chi connectivity index (χ3n) is 4.61. The number of halogens is 2. The number of thioether (sulfide) groups is 1. The summed E-state index contributed by atoms with van der Waals surface area (Å²) in [6.07, 6.45) is 0.613. The van der Waals surface area contributed by atoms with Crippen molar-refractivity contribution in [3.8, 4) is 0 Å². The first-order valence-corrected chi connectivity index (χ1v) is 11.0. The van der Waals surface area contributed by atoms with Crippen LogP contribution in [0, 0.1) is 12.7 Å². The van der Waals surface area contributed by atoms with Gasteiger partial charge in [0.15, 0.2) is 0 Å². The van der Waals surface area contributed by atoms with Crippen LogP contribution in [0.3, 0.4) is 0 Å². The Morgan fingerprint density at radius 2 is 1.81 bits per heavy atom. The van der Waals surface area contributed by atoms with Gasteiger partial charge in [-0.3, -0.25) is 9.59 Å². The second kappa shape index (κ2) is 10.5. The molecule has 0 fully saturated rings. The number of amides is 2. The highest BCUT2D eigenvalue weighted by atomic mass is 35.5. The smallest absolute Gasteiger partial charge is 0.258 e. The summed E-state index contributed by atoms with van der Waals surface area (Å²) < 4.78 is 13.8. The molecule has 7 heteroatoms. The SMILES string of the molecule is CCC(Sc1cccc(NC(=O)c2ccccc2F)c1)C(=O)Nc1cc(Cl)ccc1C. The van der Waals surface area contributed by atoms with E-state index in [1.165, 1.54) is 30.0 Å². The van der Waals surface area contributed by atoms with E-state index in [1.54, 1.807) is 36.4 Å². The second-order valence-electron chi connectivity index (χ2n) is 6.93. The Bertz CT molecular complexity index is 1110. The van der Waals surface area contributed by atoms with E-state index < -0.39 is 11.7 Å². The van der Waals surface area contributed by atoms with Gasteiger partial charge in [-0.25, -0.2) is 4.39 Å². The molecule has 0 spiro atoms. The zero-order valence-corrected chi connectivity index (χ0v) is 18.7. The minimum Gasteiger partial charge on any atom is -0.325 e. The Hall–Kier alpha value is -2.83. The molecule has 3 rings (SSSR count). The van der Waals surface area contributed by atoms with Gasteiger partial charge in [-0.05, 0) is 61.4 Å². The topological polar surface area (TPSA) is 58.2 Å². The van der Waals surface area contributed by atoms with E-state index in [2.05, 4.69) is 10.6 Å². The Kier molecular flexibility index (Phi) is 7.71. The predicted octanol–water partition coefficient (Wildman–Crippen LogP) is 6.55. The molecular weight excluding hydrogens is 435 g/mol. The molecule has 0 aliphatic rings. The molecule has 0 aromatic heterocycles. The van der Waals surface area contributed by atoms with E-state index in [0.717, 1.165) is 10.5 Å². The van der Waals surface area contributed by atoms with Crippen molar-refractivity contribution in [1.82, 2.24) is 0 Å². The largest absolute Gasteiger partial charge is 0.325 e. The van der Waals surface area contributed by atoms with Gasteiger partial charge in [0.1, 0.15) is 5.82 Å². The zero-order chi connectivity index (χ0) is 22.4. The van der Waals surface area contributed by atoms with Crippen molar-refractivity contribution >= 4 is 46.6 Å². The lowest BCUT2D eigenvalue weighted by Gasteiger charge is -2.16. The van der Waals surface area contributed by atoms with Crippen LogP contribution in [0.2, 0.25) is 5.02 Å². The predicted molar refractivity (Wildman–Crippen MR) is 126 cm³/mol. The summed E-state index contributed by atoms with van der Waals surface area (Å²) in [6, 6.07) is 18.3. The van der Waals surface area contributed by atoms with E-state index >= 15 is 0 Å². The molecular formula is C24H22ClFN2O2S. The van der Waals surface area contributed by atoms with Gasteiger partial charge in [0, 0.05) is 21.3 Å². The molecule has 0 saturated heterocycles. The summed E-state index contributed by atoms with van der Waals surface area (Å²) in [6.45, 7) is 3.84. The molecule has 3 aromatic carbocycles. The zero-order valence-electron chi connectivity index (χ0n) is 17.1. The van der Waals surface area contributed by atoms with Gasteiger partial charge in [0.25, 0.3) is 5.91 Å². The summed E-state index contributed by atoms with van der Waals surface area (Å²) in [5.74, 6) is -1.23. The van der Waals surface area contributed by atoms with E-state index in [0.29, 0.717) is 22.8 Å². The number of rotatable bonds is 7. The van der Waals surface area contributed by atoms with Gasteiger partial charge in [0.05, 0.1) is 10.8 Å². The first-order chi connectivity index (χ1) is 14.9. The molecule has 3 aromatic rings. The monoisotopic (exact) mass is 456 g/mol. The molecule has 0 bridgehead atoms. The molecule has 0 radical (unpaired) electrons. The molecule has 2 amide bonds. The number of carbonyl (C=O) groups is 2. The molecule has 0 heterocycles. The third kappa shape index (κ3) is 6.09. The van der Waals surface area contributed by atoms with Crippen LogP contribution in [-0.2, 0) is 4.79 Å². The van der Waals surface area contributed by atoms with E-state index in [9.17, 15) is 14.0 Å². The summed E-state index contributed by atoms with van der Waals surface area (Å²) >= 11 is 7.44. The summed E-state index contributed by atoms with van der Waals surface area (Å²) in [4.78, 5) is 26.0. The maximum absolute atomic E-state index is 13.8. The van der Waals surface area contributed by atoms with E-state index in [1.807, 2.05) is 26.0 Å². The van der Waals surface area contributed by atoms with Gasteiger partial charge < -0.3 is 10.6 Å². The van der Waals surface area contributed by atoms with E-state index in [-0.39, 0.29) is 16.7 Å². The van der Waals surface area contributed by atoms with Gasteiger partial charge in [0.2, 0.25) is 5.91 Å². The van der Waals surface area contributed by atoms with Crippen molar-refractivity contribution in [2.75, 3.05) is 10.6 Å². The second-order valence-corrected chi connectivity index (χ2v) is 8.64. The number of carbonyl (C=O) groups excluding carboxylic acids is 2. The van der Waals surface area contributed by atoms with Crippen LogP contribution in [0.5, 0.6) is 0 Å². The van der Waals surface area contributed by atoms with Gasteiger partial charge in [-0.15, -0.1) is 11.8 Å². The van der Waals surface area contributed by atoms with Gasteiger partial charge in [-0.1, -0.05) is 42.8 Å². The fraction of sp³-hybridized carbons (Fsp3) is 0.167. The summed E-state index contributed by atoms with van der Waals surface area (Å²) in [7, 11) is 0. The lowest BCUT2D eigenvalue weighted by atomic mass is 10.2. The number of nitrogens with one attached hydrogen (secondary N) is 2. The third-order valence-corrected chi connectivity index (χ3v) is 6.20. The first-order valence-electron chi connectivity index (χ1n) is 9.77. The molecule has 2 N–H and O–H groups in total. The average molecular weight is 457 g/mol. The standard InChI is InChI=1S/C24H22ClFN2O2S/c1-3-22(24(30)28-21-13-16(25)12-11-15(21)2)31-18-8-6-7-17(14-18)27-23(29)19-9-4-5-10-20(19)26/h4-14,22H,3H2,1-2H3,(H,27,29)(H,28,30). The molecule has 1 unspecified atom stereocenters. The molecule has 0 saturated carbocycles. The number of hydrogen-bond acceptors (Lipinski definition) is 3. The van der Waals surface area contributed by atoms with Crippen LogP contribution in [0.15, 0.2) is 71.6 Å². The van der Waals surface area contributed by atoms with Gasteiger partial charge in [-0.2, -0.15) is 0 Å². The number of benzene rings is 3. The van der Waals surface area contributed by atoms with Crippen LogP contribution in [-0.4, -0.2) is 17.1 Å². The summed E-state index contributed by atoms with van der Waals surface area (Å²) in [5, 5.41) is 5.87. The Morgan fingerprint density at radius 3 is 2.55 bits per heavy atom. The van der Waals surface area contributed by atoms with Crippen molar-refractivity contribution in [1.29, 1.82) is 0 Å². The van der Waals surface area contributed by atoms with Crippen molar-refractivity contribution in [3.63, 3.8) is 0 Å². The Balaban J connectivity index is 1.69. The number of aryl methyl sites for hydroxylation is 1. The molecule has 31 heavy (non-hydrogen) atoms. The fourth-order valence-corrected chi connectivity index (χ4v) is 4.10. The lowest BCUT2D eigenvalue weighted by molar-refractivity contribution is -0.115. The molecule has 0 aliphatic carbocycles. The van der Waals surface area contributed by atoms with Crippen LogP contribution < -0.4 is 10.6 Å². The lowest BCUT2D eigenvalue weighted by Crippen LogP contribution is -2.25. The quantitative estimate of drug-likeness (QED) is 0.396. The highest BCUT2D eigenvalue weighted by molar-refractivity contribution is 8.00.